The van der Waals surface area contributed by atoms with Gasteiger partial charge in [-0.2, -0.15) is 5.10 Å². The lowest BCUT2D eigenvalue weighted by Crippen LogP contribution is -2.44. The van der Waals surface area contributed by atoms with Crippen molar-refractivity contribution in [2.45, 2.75) is 58.0 Å². The average molecular weight is 265 g/mol. The summed E-state index contributed by atoms with van der Waals surface area (Å²) in [6, 6.07) is 1.70. The van der Waals surface area contributed by atoms with E-state index in [-0.39, 0.29) is 11.5 Å². The predicted octanol–water partition coefficient (Wildman–Crippen LogP) is 2.15. The Morgan fingerprint density at radius 2 is 2.26 bits per heavy atom. The summed E-state index contributed by atoms with van der Waals surface area (Å²) in [6.07, 6.45) is 2.82. The highest BCUT2D eigenvalue weighted by Gasteiger charge is 2.29. The zero-order chi connectivity index (χ0) is 14.0. The van der Waals surface area contributed by atoms with Crippen molar-refractivity contribution in [3.8, 4) is 0 Å². The largest absolute Gasteiger partial charge is 0.480 e. The molecule has 0 aliphatic carbocycles. The monoisotopic (exact) mass is 265 g/mol. The van der Waals surface area contributed by atoms with Gasteiger partial charge in [0.05, 0.1) is 5.69 Å². The fourth-order valence-corrected chi connectivity index (χ4v) is 2.51. The molecule has 0 saturated carbocycles. The van der Waals surface area contributed by atoms with Crippen LogP contribution < -0.4 is 0 Å². The van der Waals surface area contributed by atoms with Crippen LogP contribution in [-0.2, 0) is 16.8 Å². The van der Waals surface area contributed by atoms with Gasteiger partial charge in [0.2, 0.25) is 0 Å². The van der Waals surface area contributed by atoms with Crippen molar-refractivity contribution in [1.29, 1.82) is 0 Å². The van der Waals surface area contributed by atoms with Gasteiger partial charge in [-0.15, -0.1) is 0 Å². The molecule has 1 aromatic rings. The van der Waals surface area contributed by atoms with Gasteiger partial charge >= 0.3 is 5.97 Å². The summed E-state index contributed by atoms with van der Waals surface area (Å²) in [6.45, 7) is 7.84. The quantitative estimate of drug-likeness (QED) is 0.878. The first-order chi connectivity index (χ1) is 8.88. The van der Waals surface area contributed by atoms with Gasteiger partial charge in [-0.25, -0.2) is 0 Å². The summed E-state index contributed by atoms with van der Waals surface area (Å²) in [5.41, 5.74) is 2.03. The summed E-state index contributed by atoms with van der Waals surface area (Å²) in [4.78, 5) is 13.3. The number of aromatic amines is 1. The van der Waals surface area contributed by atoms with Gasteiger partial charge in [-0.3, -0.25) is 14.8 Å². The number of carboxylic acids is 1. The number of hydrogen-bond acceptors (Lipinski definition) is 3. The number of hydrogen-bond donors (Lipinski definition) is 2. The molecular weight excluding hydrogens is 242 g/mol. The van der Waals surface area contributed by atoms with E-state index in [0.717, 1.165) is 37.2 Å². The van der Waals surface area contributed by atoms with Crippen molar-refractivity contribution in [1.82, 2.24) is 15.1 Å². The Hall–Kier alpha value is -1.36. The molecule has 0 amide bonds. The first-order valence-corrected chi connectivity index (χ1v) is 6.89. The van der Waals surface area contributed by atoms with E-state index in [1.807, 2.05) is 11.0 Å². The molecule has 1 saturated heterocycles. The highest BCUT2D eigenvalue weighted by atomic mass is 16.4. The number of H-pyrrole nitrogens is 1. The summed E-state index contributed by atoms with van der Waals surface area (Å²) in [5.74, 6) is -0.713. The average Bonchev–Trinajstić information content (AvgIpc) is 2.77. The first kappa shape index (κ1) is 14.1. The molecule has 2 rings (SSSR count). The van der Waals surface area contributed by atoms with E-state index in [4.69, 9.17) is 0 Å². The zero-order valence-electron chi connectivity index (χ0n) is 11.9. The van der Waals surface area contributed by atoms with E-state index >= 15 is 0 Å². The molecule has 1 aromatic heterocycles. The van der Waals surface area contributed by atoms with Crippen LogP contribution in [0.2, 0.25) is 0 Å². The molecule has 1 atom stereocenters. The van der Waals surface area contributed by atoms with Crippen LogP contribution in [0.5, 0.6) is 0 Å². The van der Waals surface area contributed by atoms with E-state index in [1.54, 1.807) is 0 Å². The minimum absolute atomic E-state index is 0.0167. The Morgan fingerprint density at radius 3 is 2.84 bits per heavy atom. The molecule has 0 radical (unpaired) electrons. The second kappa shape index (κ2) is 5.33. The number of carbonyl (C=O) groups is 1. The van der Waals surface area contributed by atoms with E-state index in [2.05, 4.69) is 31.0 Å². The van der Waals surface area contributed by atoms with Gasteiger partial charge in [0, 0.05) is 17.7 Å². The van der Waals surface area contributed by atoms with Crippen LogP contribution in [0.15, 0.2) is 6.07 Å². The maximum absolute atomic E-state index is 11.3. The molecule has 1 aliphatic rings. The summed E-state index contributed by atoms with van der Waals surface area (Å²) < 4.78 is 0. The van der Waals surface area contributed by atoms with Gasteiger partial charge in [0.15, 0.2) is 0 Å². The van der Waals surface area contributed by atoms with E-state index in [9.17, 15) is 9.90 Å². The third-order valence-corrected chi connectivity index (χ3v) is 3.67. The Kier molecular flexibility index (Phi) is 3.94. The number of nitrogens with one attached hydrogen (secondary N) is 1. The van der Waals surface area contributed by atoms with Crippen LogP contribution in [0.4, 0.5) is 0 Å². The topological polar surface area (TPSA) is 69.2 Å². The minimum Gasteiger partial charge on any atom is -0.480 e. The highest BCUT2D eigenvalue weighted by molar-refractivity contribution is 5.73. The van der Waals surface area contributed by atoms with Crippen LogP contribution in [0.25, 0.3) is 0 Å². The SMILES string of the molecule is CC(C)(C)c1cc(CN2CCCC[C@H]2C(=O)O)[nH]n1. The number of nitrogens with zero attached hydrogens (tertiary/aromatic N) is 2. The second-order valence-electron chi connectivity index (χ2n) is 6.35. The van der Waals surface area contributed by atoms with Crippen LogP contribution in [0.1, 0.15) is 51.4 Å². The molecule has 5 heteroatoms. The summed E-state index contributed by atoms with van der Waals surface area (Å²) in [7, 11) is 0. The Balaban J connectivity index is 2.07. The predicted molar refractivity (Wildman–Crippen MR) is 73.0 cm³/mol. The molecule has 0 unspecified atom stereocenters. The van der Waals surface area contributed by atoms with Crippen molar-refractivity contribution >= 4 is 5.97 Å². The lowest BCUT2D eigenvalue weighted by Gasteiger charge is -2.32. The first-order valence-electron chi connectivity index (χ1n) is 6.89. The Labute approximate surface area is 114 Å². The van der Waals surface area contributed by atoms with E-state index < -0.39 is 5.97 Å². The smallest absolute Gasteiger partial charge is 0.320 e. The Bertz CT molecular complexity index is 448. The molecule has 0 bridgehead atoms. The number of piperidine rings is 1. The number of rotatable bonds is 3. The fraction of sp³-hybridized carbons (Fsp3) is 0.714. The van der Waals surface area contributed by atoms with Crippen LogP contribution in [-0.4, -0.2) is 38.8 Å². The molecule has 1 fully saturated rings. The summed E-state index contributed by atoms with van der Waals surface area (Å²) in [5, 5.41) is 16.6. The standard InChI is InChI=1S/C14H23N3O2/c1-14(2,3)12-8-10(15-16-12)9-17-7-5-4-6-11(17)13(18)19/h8,11H,4-7,9H2,1-3H3,(H,15,16)(H,18,19)/t11-/m0/s1. The van der Waals surface area contributed by atoms with Crippen molar-refractivity contribution in [3.63, 3.8) is 0 Å². The lowest BCUT2D eigenvalue weighted by molar-refractivity contribution is -0.144. The maximum atomic E-state index is 11.3. The fourth-order valence-electron chi connectivity index (χ4n) is 2.51. The van der Waals surface area contributed by atoms with Gasteiger partial charge < -0.3 is 5.11 Å². The van der Waals surface area contributed by atoms with Crippen molar-refractivity contribution < 1.29 is 9.90 Å². The van der Waals surface area contributed by atoms with Crippen LogP contribution in [0, 0.1) is 0 Å². The van der Waals surface area contributed by atoms with Crippen molar-refractivity contribution in [2.24, 2.45) is 0 Å². The lowest BCUT2D eigenvalue weighted by atomic mass is 9.92. The molecule has 2 heterocycles. The number of likely N-dealkylation sites (tertiary alicyclic amines) is 1. The molecule has 19 heavy (non-hydrogen) atoms. The number of carboxylic acid groups (broad SMARTS) is 1. The van der Waals surface area contributed by atoms with Gasteiger partial charge in [0.1, 0.15) is 6.04 Å². The second-order valence-corrected chi connectivity index (χ2v) is 6.35. The van der Waals surface area contributed by atoms with Gasteiger partial charge in [-0.1, -0.05) is 27.2 Å². The molecule has 106 valence electrons. The molecule has 0 aromatic carbocycles. The van der Waals surface area contributed by atoms with Gasteiger partial charge in [0.25, 0.3) is 0 Å². The summed E-state index contributed by atoms with van der Waals surface area (Å²) >= 11 is 0. The normalized spacial score (nSPS) is 21.5. The minimum atomic E-state index is -0.713. The van der Waals surface area contributed by atoms with Gasteiger partial charge in [-0.05, 0) is 25.5 Å². The Morgan fingerprint density at radius 1 is 1.53 bits per heavy atom. The zero-order valence-corrected chi connectivity index (χ0v) is 11.9. The maximum Gasteiger partial charge on any atom is 0.320 e. The third-order valence-electron chi connectivity index (χ3n) is 3.67. The van der Waals surface area contributed by atoms with Crippen molar-refractivity contribution in [2.75, 3.05) is 6.54 Å². The van der Waals surface area contributed by atoms with Crippen molar-refractivity contribution in [3.05, 3.63) is 17.5 Å². The van der Waals surface area contributed by atoms with E-state index in [1.165, 1.54) is 0 Å². The third kappa shape index (κ3) is 3.35. The number of aliphatic carboxylic acids is 1. The highest BCUT2D eigenvalue weighted by Crippen LogP contribution is 2.23. The van der Waals surface area contributed by atoms with Crippen LogP contribution in [0.3, 0.4) is 0 Å². The molecule has 0 spiro atoms. The van der Waals surface area contributed by atoms with Crippen LogP contribution >= 0.6 is 0 Å². The molecular formula is C14H23N3O2. The molecule has 5 nitrogen and oxygen atoms in total. The molecule has 1 aliphatic heterocycles. The van der Waals surface area contributed by atoms with E-state index in [0.29, 0.717) is 6.54 Å². The molecule has 2 N–H and O–H groups in total. The number of aromatic nitrogens is 2.